The molecule has 0 saturated carbocycles. The average Bonchev–Trinajstić information content (AvgIpc) is 3.03. The molecule has 0 aliphatic carbocycles. The van der Waals surface area contributed by atoms with Crippen LogP contribution in [0, 0.1) is 0 Å². The van der Waals surface area contributed by atoms with Crippen molar-refractivity contribution in [1.29, 1.82) is 0 Å². The van der Waals surface area contributed by atoms with Gasteiger partial charge in [0.15, 0.2) is 5.96 Å². The van der Waals surface area contributed by atoms with E-state index in [2.05, 4.69) is 15.4 Å². The van der Waals surface area contributed by atoms with Crippen molar-refractivity contribution in [2.75, 3.05) is 39.8 Å². The van der Waals surface area contributed by atoms with Crippen LogP contribution in [0.1, 0.15) is 6.92 Å². The number of halogens is 3. The largest absolute Gasteiger partial charge is 0.403 e. The molecule has 9 heteroatoms. The highest BCUT2D eigenvalue weighted by molar-refractivity contribution is 5.79. The summed E-state index contributed by atoms with van der Waals surface area (Å²) in [6.45, 7) is 4.39. The normalized spacial score (nSPS) is 19.0. The minimum atomic E-state index is -4.17. The Labute approximate surface area is 134 Å². The van der Waals surface area contributed by atoms with E-state index in [-0.39, 0.29) is 0 Å². The van der Waals surface area contributed by atoms with Crippen LogP contribution < -0.4 is 5.32 Å². The number of aliphatic imine (C=N–C) groups is 1. The Balaban J connectivity index is 1.78. The van der Waals surface area contributed by atoms with Gasteiger partial charge in [0.1, 0.15) is 6.04 Å². The van der Waals surface area contributed by atoms with Crippen LogP contribution in [0.3, 0.4) is 0 Å². The lowest BCUT2D eigenvalue weighted by molar-refractivity contribution is -0.181. The molecule has 0 bridgehead atoms. The highest BCUT2D eigenvalue weighted by Crippen LogP contribution is 2.25. The van der Waals surface area contributed by atoms with Crippen molar-refractivity contribution < 1.29 is 13.2 Å². The first kappa shape index (κ1) is 17.6. The van der Waals surface area contributed by atoms with Gasteiger partial charge >= 0.3 is 6.18 Å². The molecule has 1 N–H and O–H groups in total. The maximum atomic E-state index is 12.8. The average molecular weight is 332 g/mol. The van der Waals surface area contributed by atoms with E-state index in [1.165, 1.54) is 11.8 Å². The first-order chi connectivity index (χ1) is 10.9. The molecule has 0 aromatic carbocycles. The molecular formula is C14H23F3N6. The first-order valence-corrected chi connectivity index (χ1v) is 7.65. The molecule has 1 aliphatic heterocycles. The molecule has 1 atom stereocenters. The van der Waals surface area contributed by atoms with Crippen molar-refractivity contribution in [3.05, 3.63) is 18.5 Å². The van der Waals surface area contributed by atoms with Gasteiger partial charge < -0.3 is 10.2 Å². The third-order valence-electron chi connectivity index (χ3n) is 4.03. The zero-order valence-electron chi connectivity index (χ0n) is 13.4. The molecule has 1 saturated heterocycles. The summed E-state index contributed by atoms with van der Waals surface area (Å²) < 4.78 is 40.1. The molecule has 1 unspecified atom stereocenters. The zero-order chi connectivity index (χ0) is 16.9. The fourth-order valence-electron chi connectivity index (χ4n) is 2.58. The van der Waals surface area contributed by atoms with Gasteiger partial charge in [0.2, 0.25) is 0 Å². The smallest absolute Gasteiger partial charge is 0.354 e. The van der Waals surface area contributed by atoms with Crippen molar-refractivity contribution in [1.82, 2.24) is 24.9 Å². The fourth-order valence-corrected chi connectivity index (χ4v) is 2.58. The predicted octanol–water partition coefficient (Wildman–Crippen LogP) is 1.03. The molecule has 6 nitrogen and oxygen atoms in total. The monoisotopic (exact) mass is 332 g/mol. The number of rotatable bonds is 4. The third-order valence-corrected chi connectivity index (χ3v) is 4.03. The van der Waals surface area contributed by atoms with Gasteiger partial charge in [0, 0.05) is 52.2 Å². The minimum absolute atomic E-state index is 0.376. The molecule has 0 radical (unpaired) electrons. The number of guanidine groups is 1. The summed E-state index contributed by atoms with van der Waals surface area (Å²) in [6, 6.07) is 0.454. The summed E-state index contributed by atoms with van der Waals surface area (Å²) >= 11 is 0. The van der Waals surface area contributed by atoms with Crippen LogP contribution in [0.2, 0.25) is 0 Å². The molecule has 2 rings (SSSR count). The molecular weight excluding hydrogens is 309 g/mol. The van der Waals surface area contributed by atoms with Gasteiger partial charge in [0.05, 0.1) is 6.54 Å². The predicted molar refractivity (Wildman–Crippen MR) is 82.3 cm³/mol. The van der Waals surface area contributed by atoms with Crippen molar-refractivity contribution >= 4 is 5.96 Å². The Morgan fingerprint density at radius 2 is 2.00 bits per heavy atom. The topological polar surface area (TPSA) is 48.7 Å². The van der Waals surface area contributed by atoms with Crippen LogP contribution in [0.4, 0.5) is 13.2 Å². The second-order valence-corrected chi connectivity index (χ2v) is 5.48. The maximum absolute atomic E-state index is 12.8. The van der Waals surface area contributed by atoms with Gasteiger partial charge in [-0.25, -0.2) is 0 Å². The zero-order valence-corrected chi connectivity index (χ0v) is 13.4. The van der Waals surface area contributed by atoms with Gasteiger partial charge in [-0.15, -0.1) is 0 Å². The Morgan fingerprint density at radius 3 is 2.52 bits per heavy atom. The van der Waals surface area contributed by atoms with Gasteiger partial charge in [-0.1, -0.05) is 0 Å². The van der Waals surface area contributed by atoms with Crippen LogP contribution in [0.5, 0.6) is 0 Å². The minimum Gasteiger partial charge on any atom is -0.354 e. The number of hydrogen-bond donors (Lipinski definition) is 1. The molecule has 1 aromatic heterocycles. The van der Waals surface area contributed by atoms with Crippen molar-refractivity contribution in [2.45, 2.75) is 25.7 Å². The van der Waals surface area contributed by atoms with E-state index in [1.54, 1.807) is 13.2 Å². The second kappa shape index (κ2) is 7.67. The Kier molecular flexibility index (Phi) is 5.86. The van der Waals surface area contributed by atoms with Gasteiger partial charge in [-0.2, -0.15) is 18.3 Å². The molecule has 1 fully saturated rings. The van der Waals surface area contributed by atoms with E-state index in [4.69, 9.17) is 0 Å². The van der Waals surface area contributed by atoms with E-state index in [1.807, 2.05) is 21.8 Å². The number of nitrogens with zero attached hydrogens (tertiary/aromatic N) is 5. The van der Waals surface area contributed by atoms with Crippen LogP contribution >= 0.6 is 0 Å². The molecule has 2 heterocycles. The number of hydrogen-bond acceptors (Lipinski definition) is 3. The highest BCUT2D eigenvalue weighted by Gasteiger charge is 2.41. The molecule has 1 aliphatic rings. The number of piperazine rings is 1. The van der Waals surface area contributed by atoms with Gasteiger partial charge in [-0.3, -0.25) is 14.6 Å². The van der Waals surface area contributed by atoms with E-state index in [0.717, 1.165) is 5.96 Å². The molecule has 23 heavy (non-hydrogen) atoms. The molecule has 0 amide bonds. The lowest BCUT2D eigenvalue weighted by Gasteiger charge is -2.39. The molecule has 0 spiro atoms. The number of nitrogens with one attached hydrogen (secondary N) is 1. The summed E-state index contributed by atoms with van der Waals surface area (Å²) in [5.74, 6) is 0.719. The molecule has 1 aromatic rings. The second-order valence-electron chi connectivity index (χ2n) is 5.48. The van der Waals surface area contributed by atoms with Crippen molar-refractivity contribution in [3.8, 4) is 0 Å². The first-order valence-electron chi connectivity index (χ1n) is 7.65. The number of aromatic nitrogens is 2. The van der Waals surface area contributed by atoms with Gasteiger partial charge in [-0.05, 0) is 13.0 Å². The van der Waals surface area contributed by atoms with Crippen LogP contribution in [0.15, 0.2) is 23.5 Å². The maximum Gasteiger partial charge on any atom is 0.403 e. The van der Waals surface area contributed by atoms with Crippen LogP contribution in [-0.4, -0.2) is 77.5 Å². The van der Waals surface area contributed by atoms with Gasteiger partial charge in [0.25, 0.3) is 0 Å². The van der Waals surface area contributed by atoms with Crippen LogP contribution in [-0.2, 0) is 6.54 Å². The number of alkyl halides is 3. The Morgan fingerprint density at radius 1 is 1.30 bits per heavy atom. The lowest BCUT2D eigenvalue weighted by atomic mass is 10.2. The summed E-state index contributed by atoms with van der Waals surface area (Å²) in [5.41, 5.74) is 0. The van der Waals surface area contributed by atoms with E-state index in [0.29, 0.717) is 39.3 Å². The fraction of sp³-hybridized carbons (Fsp3) is 0.714. The quantitative estimate of drug-likeness (QED) is 0.661. The lowest BCUT2D eigenvalue weighted by Crippen LogP contribution is -2.56. The van der Waals surface area contributed by atoms with E-state index in [9.17, 15) is 13.2 Å². The highest BCUT2D eigenvalue weighted by atomic mass is 19.4. The van der Waals surface area contributed by atoms with Crippen LogP contribution in [0.25, 0.3) is 0 Å². The molecule has 130 valence electrons. The summed E-state index contributed by atoms with van der Waals surface area (Å²) in [5, 5.41) is 7.34. The summed E-state index contributed by atoms with van der Waals surface area (Å²) in [6.07, 6.45) is -0.580. The standard InChI is InChI=1S/C14H23F3N6/c1-12(14(15,16)17)21-8-10-22(11-9-21)13(18-2)19-5-7-23-6-3-4-20-23/h3-4,6,12H,5,7-11H2,1-2H3,(H,18,19). The van der Waals surface area contributed by atoms with E-state index < -0.39 is 12.2 Å². The third kappa shape index (κ3) is 4.85. The van der Waals surface area contributed by atoms with Crippen molar-refractivity contribution in [3.63, 3.8) is 0 Å². The van der Waals surface area contributed by atoms with Crippen molar-refractivity contribution in [2.24, 2.45) is 4.99 Å². The van der Waals surface area contributed by atoms with E-state index >= 15 is 0 Å². The Bertz CT molecular complexity index is 491. The Hall–Kier alpha value is -1.77. The summed E-state index contributed by atoms with van der Waals surface area (Å²) in [7, 11) is 1.68. The summed E-state index contributed by atoms with van der Waals surface area (Å²) in [4.78, 5) is 7.66. The SMILES string of the molecule is CN=C(NCCn1cccn1)N1CCN(C(C)C(F)(F)F)CC1.